The summed E-state index contributed by atoms with van der Waals surface area (Å²) in [5, 5.41) is 0. The SMILES string of the molecule is [c]1nc2ccccc2nc1C1=C2C=CC=CN2CC=C1. The Kier molecular flexibility index (Phi) is 2.49. The summed E-state index contributed by atoms with van der Waals surface area (Å²) in [6, 6.07) is 7.87. The zero-order valence-electron chi connectivity index (χ0n) is 10.8. The number of benzene rings is 1. The minimum absolute atomic E-state index is 0.791. The molecule has 0 spiro atoms. The highest BCUT2D eigenvalue weighted by molar-refractivity contribution is 5.81. The van der Waals surface area contributed by atoms with Gasteiger partial charge in [0.05, 0.1) is 16.7 Å². The van der Waals surface area contributed by atoms with Crippen LogP contribution in [0.5, 0.6) is 0 Å². The molecule has 0 N–H and O–H groups in total. The first-order chi connectivity index (χ1) is 9.92. The van der Waals surface area contributed by atoms with Crippen LogP contribution in [0.25, 0.3) is 16.6 Å². The van der Waals surface area contributed by atoms with Crippen LogP contribution in [0.15, 0.2) is 66.5 Å². The average Bonchev–Trinajstić information content (AvgIpc) is 2.54. The van der Waals surface area contributed by atoms with Crippen LogP contribution < -0.4 is 0 Å². The van der Waals surface area contributed by atoms with E-state index in [1.165, 1.54) is 0 Å². The summed E-state index contributed by atoms with van der Waals surface area (Å²) in [5.41, 5.74) is 4.78. The highest BCUT2D eigenvalue weighted by Gasteiger charge is 2.17. The fourth-order valence-electron chi connectivity index (χ4n) is 2.48. The monoisotopic (exact) mass is 258 g/mol. The van der Waals surface area contributed by atoms with Gasteiger partial charge in [-0.25, -0.2) is 9.97 Å². The molecule has 0 amide bonds. The standard InChI is InChI=1S/C17H12N3/c1-2-8-15-14(7-1)18-12-16(19-15)13-6-5-11-20-10-4-3-9-17(13)20/h1-10H,11H2. The number of hydrogen-bond donors (Lipinski definition) is 0. The first kappa shape index (κ1) is 11.2. The normalized spacial score (nSPS) is 16.9. The molecule has 1 aromatic heterocycles. The van der Waals surface area contributed by atoms with Crippen molar-refractivity contribution in [1.29, 1.82) is 0 Å². The lowest BCUT2D eigenvalue weighted by Gasteiger charge is -2.27. The van der Waals surface area contributed by atoms with Gasteiger partial charge in [-0.3, -0.25) is 0 Å². The highest BCUT2D eigenvalue weighted by atomic mass is 15.1. The molecule has 3 heterocycles. The van der Waals surface area contributed by atoms with Crippen LogP contribution in [0, 0.1) is 6.20 Å². The molecule has 1 aromatic carbocycles. The van der Waals surface area contributed by atoms with E-state index in [1.807, 2.05) is 36.4 Å². The van der Waals surface area contributed by atoms with E-state index in [9.17, 15) is 0 Å². The van der Waals surface area contributed by atoms with Crippen molar-refractivity contribution in [3.8, 4) is 0 Å². The molecule has 2 aliphatic rings. The number of rotatable bonds is 1. The lowest BCUT2D eigenvalue weighted by atomic mass is 10.0. The molecule has 0 aliphatic carbocycles. The summed E-state index contributed by atoms with van der Waals surface area (Å²) in [5.74, 6) is 0. The molecule has 1 radical (unpaired) electrons. The van der Waals surface area contributed by atoms with E-state index < -0.39 is 0 Å². The fraction of sp³-hybridized carbons (Fsp3) is 0.0588. The molecule has 0 bridgehead atoms. The Morgan fingerprint density at radius 1 is 1.05 bits per heavy atom. The average molecular weight is 258 g/mol. The van der Waals surface area contributed by atoms with Crippen molar-refractivity contribution in [1.82, 2.24) is 14.9 Å². The smallest absolute Gasteiger partial charge is 0.118 e. The molecule has 3 heteroatoms. The molecular weight excluding hydrogens is 246 g/mol. The van der Waals surface area contributed by atoms with E-state index in [0.717, 1.165) is 34.5 Å². The molecule has 0 fully saturated rings. The van der Waals surface area contributed by atoms with E-state index >= 15 is 0 Å². The van der Waals surface area contributed by atoms with Crippen molar-refractivity contribution in [2.45, 2.75) is 0 Å². The van der Waals surface area contributed by atoms with Crippen LogP contribution in [0.4, 0.5) is 0 Å². The Bertz CT molecular complexity index is 797. The molecule has 0 saturated carbocycles. The quantitative estimate of drug-likeness (QED) is 0.787. The van der Waals surface area contributed by atoms with Crippen molar-refractivity contribution < 1.29 is 0 Å². The van der Waals surface area contributed by atoms with Crippen molar-refractivity contribution in [3.63, 3.8) is 0 Å². The van der Waals surface area contributed by atoms with Gasteiger partial charge < -0.3 is 4.90 Å². The predicted octanol–water partition coefficient (Wildman–Crippen LogP) is 3.10. The van der Waals surface area contributed by atoms with Gasteiger partial charge in [0.15, 0.2) is 0 Å². The van der Waals surface area contributed by atoms with Crippen molar-refractivity contribution in [2.75, 3.05) is 6.54 Å². The molecule has 20 heavy (non-hydrogen) atoms. The van der Waals surface area contributed by atoms with Gasteiger partial charge in [0, 0.05) is 18.3 Å². The maximum atomic E-state index is 4.68. The van der Waals surface area contributed by atoms with Crippen molar-refractivity contribution >= 4 is 16.6 Å². The van der Waals surface area contributed by atoms with E-state index in [1.54, 1.807) is 0 Å². The van der Waals surface area contributed by atoms with Gasteiger partial charge in [-0.1, -0.05) is 30.4 Å². The van der Waals surface area contributed by atoms with Crippen LogP contribution >= 0.6 is 0 Å². The summed E-state index contributed by atoms with van der Waals surface area (Å²) >= 11 is 0. The maximum absolute atomic E-state index is 4.68. The van der Waals surface area contributed by atoms with Gasteiger partial charge in [-0.2, -0.15) is 0 Å². The van der Waals surface area contributed by atoms with Gasteiger partial charge in [0.2, 0.25) is 0 Å². The third kappa shape index (κ3) is 1.75. The number of fused-ring (bicyclic) bond motifs is 2. The van der Waals surface area contributed by atoms with E-state index in [2.05, 4.69) is 45.5 Å². The topological polar surface area (TPSA) is 29.0 Å². The second-order valence-electron chi connectivity index (χ2n) is 4.73. The van der Waals surface area contributed by atoms with E-state index in [4.69, 9.17) is 0 Å². The Labute approximate surface area is 117 Å². The Morgan fingerprint density at radius 2 is 1.95 bits per heavy atom. The molecule has 95 valence electrons. The first-order valence-electron chi connectivity index (χ1n) is 6.59. The second-order valence-corrected chi connectivity index (χ2v) is 4.73. The first-order valence-corrected chi connectivity index (χ1v) is 6.59. The van der Waals surface area contributed by atoms with Gasteiger partial charge in [-0.05, 0) is 24.3 Å². The Hall–Kier alpha value is -2.68. The zero-order chi connectivity index (χ0) is 13.4. The summed E-state index contributed by atoms with van der Waals surface area (Å²) in [7, 11) is 0. The lowest BCUT2D eigenvalue weighted by Crippen LogP contribution is -2.21. The van der Waals surface area contributed by atoms with Gasteiger partial charge in [-0.15, -0.1) is 0 Å². The number of aromatic nitrogens is 2. The molecule has 0 unspecified atom stereocenters. The van der Waals surface area contributed by atoms with Crippen LogP contribution in [-0.4, -0.2) is 21.4 Å². The third-order valence-corrected chi connectivity index (χ3v) is 3.45. The van der Waals surface area contributed by atoms with Gasteiger partial charge >= 0.3 is 0 Å². The summed E-state index contributed by atoms with van der Waals surface area (Å²) in [4.78, 5) is 11.3. The van der Waals surface area contributed by atoms with Crippen molar-refractivity contribution in [2.24, 2.45) is 0 Å². The molecule has 2 aromatic rings. The molecule has 3 nitrogen and oxygen atoms in total. The summed E-state index contributed by atoms with van der Waals surface area (Å²) in [6.45, 7) is 0.890. The molecule has 4 rings (SSSR count). The molecule has 0 atom stereocenters. The minimum Gasteiger partial charge on any atom is -0.344 e. The molecule has 2 aliphatic heterocycles. The van der Waals surface area contributed by atoms with Gasteiger partial charge in [0.25, 0.3) is 0 Å². The highest BCUT2D eigenvalue weighted by Crippen LogP contribution is 2.28. The minimum atomic E-state index is 0.791. The van der Waals surface area contributed by atoms with Gasteiger partial charge in [0.1, 0.15) is 11.9 Å². The predicted molar refractivity (Wildman–Crippen MR) is 79.4 cm³/mol. The second kappa shape index (κ2) is 4.46. The fourth-order valence-corrected chi connectivity index (χ4v) is 2.48. The van der Waals surface area contributed by atoms with Crippen LogP contribution in [0.3, 0.4) is 0 Å². The van der Waals surface area contributed by atoms with Crippen LogP contribution in [-0.2, 0) is 0 Å². The summed E-state index contributed by atoms with van der Waals surface area (Å²) in [6.07, 6.45) is 15.5. The van der Waals surface area contributed by atoms with Crippen molar-refractivity contribution in [3.05, 3.63) is 78.4 Å². The number of hydrogen-bond acceptors (Lipinski definition) is 3. The number of para-hydroxylation sites is 2. The number of allylic oxidation sites excluding steroid dienone is 5. The Morgan fingerprint density at radius 3 is 2.90 bits per heavy atom. The zero-order valence-corrected chi connectivity index (χ0v) is 10.8. The molecular formula is C17H12N3. The third-order valence-electron chi connectivity index (χ3n) is 3.45. The lowest BCUT2D eigenvalue weighted by molar-refractivity contribution is 0.526. The van der Waals surface area contributed by atoms with E-state index in [-0.39, 0.29) is 0 Å². The maximum Gasteiger partial charge on any atom is 0.118 e. The van der Waals surface area contributed by atoms with Crippen LogP contribution in [0.1, 0.15) is 5.69 Å². The number of nitrogens with zero attached hydrogens (tertiary/aromatic N) is 3. The van der Waals surface area contributed by atoms with Crippen LogP contribution in [0.2, 0.25) is 0 Å². The molecule has 0 saturated heterocycles. The Balaban J connectivity index is 1.89. The van der Waals surface area contributed by atoms with E-state index in [0.29, 0.717) is 0 Å². The summed E-state index contributed by atoms with van der Waals surface area (Å²) < 4.78 is 0. The largest absolute Gasteiger partial charge is 0.344 e.